The van der Waals surface area contributed by atoms with E-state index in [9.17, 15) is 9.59 Å². The maximum absolute atomic E-state index is 12.8. The van der Waals surface area contributed by atoms with E-state index in [1.54, 1.807) is 12.1 Å². The van der Waals surface area contributed by atoms with E-state index in [2.05, 4.69) is 9.97 Å². The van der Waals surface area contributed by atoms with Gasteiger partial charge in [-0.25, -0.2) is 0 Å². The third-order valence-electron chi connectivity index (χ3n) is 4.86. The van der Waals surface area contributed by atoms with Crippen LogP contribution >= 0.6 is 11.3 Å². The van der Waals surface area contributed by atoms with Gasteiger partial charge in [0.2, 0.25) is 11.8 Å². The normalized spacial score (nSPS) is 13.6. The molecule has 138 valence electrons. The molecule has 0 spiro atoms. The minimum absolute atomic E-state index is 0.0256. The number of carbonyl (C=O) groups is 2. The number of carbonyl (C=O) groups excluding carboxylic acids is 2. The van der Waals surface area contributed by atoms with Crippen molar-refractivity contribution in [2.45, 2.75) is 0 Å². The van der Waals surface area contributed by atoms with Crippen molar-refractivity contribution < 1.29 is 18.4 Å². The van der Waals surface area contributed by atoms with Gasteiger partial charge in [0.1, 0.15) is 0 Å². The van der Waals surface area contributed by atoms with E-state index in [1.165, 1.54) is 17.4 Å². The number of rotatable bonds is 2. The molecule has 0 fully saturated rings. The quantitative estimate of drug-likeness (QED) is 0.302. The predicted molar refractivity (Wildman–Crippen MR) is 108 cm³/mol. The first-order valence-corrected chi connectivity index (χ1v) is 9.70. The highest BCUT2D eigenvalue weighted by atomic mass is 32.1. The number of fused-ring (bicyclic) bond motifs is 3. The molecule has 0 atom stereocenters. The fraction of sp³-hybridized carbons (Fsp3) is 0. The Morgan fingerprint density at radius 1 is 0.828 bits per heavy atom. The lowest BCUT2D eigenvalue weighted by Crippen LogP contribution is -2.00. The molecule has 5 aromatic rings. The Bertz CT molecular complexity index is 1400. The number of ketones is 2. The smallest absolute Gasteiger partial charge is 0.288 e. The number of hydrogen-bond donors (Lipinski definition) is 0. The summed E-state index contributed by atoms with van der Waals surface area (Å²) in [5.74, 6) is -0.138. The summed E-state index contributed by atoms with van der Waals surface area (Å²) in [6.07, 6.45) is 1.36. The van der Waals surface area contributed by atoms with Crippen molar-refractivity contribution in [3.63, 3.8) is 0 Å². The van der Waals surface area contributed by atoms with E-state index in [0.29, 0.717) is 17.0 Å². The summed E-state index contributed by atoms with van der Waals surface area (Å²) in [4.78, 5) is 35.0. The third kappa shape index (κ3) is 2.41. The van der Waals surface area contributed by atoms with Crippen LogP contribution in [0.1, 0.15) is 26.6 Å². The van der Waals surface area contributed by atoms with Crippen LogP contribution < -0.4 is 0 Å². The van der Waals surface area contributed by atoms with Crippen molar-refractivity contribution in [3.05, 3.63) is 76.5 Å². The number of oxazole rings is 2. The number of nitrogens with zero attached hydrogens (tertiary/aromatic N) is 2. The Kier molecular flexibility index (Phi) is 3.24. The van der Waals surface area contributed by atoms with Crippen molar-refractivity contribution in [2.24, 2.45) is 0 Å². The van der Waals surface area contributed by atoms with E-state index in [-0.39, 0.29) is 34.5 Å². The van der Waals surface area contributed by atoms with Gasteiger partial charge in [0.25, 0.3) is 11.4 Å². The van der Waals surface area contributed by atoms with Gasteiger partial charge in [-0.15, -0.1) is 11.3 Å². The van der Waals surface area contributed by atoms with Gasteiger partial charge >= 0.3 is 0 Å². The molecule has 7 heteroatoms. The number of Topliss-reactive ketones (excluding diaryl/α,β-unsaturated/α-hetero) is 2. The molecule has 0 radical (unpaired) electrons. The van der Waals surface area contributed by atoms with Crippen molar-refractivity contribution in [2.75, 3.05) is 0 Å². The van der Waals surface area contributed by atoms with E-state index >= 15 is 0 Å². The highest BCUT2D eigenvalue weighted by Crippen LogP contribution is 2.33. The molecule has 6 nitrogen and oxygen atoms in total. The third-order valence-corrected chi connectivity index (χ3v) is 5.71. The molecule has 0 bridgehead atoms. The van der Waals surface area contributed by atoms with E-state index in [0.717, 1.165) is 15.6 Å². The minimum atomic E-state index is -0.335. The molecular weight excluding hydrogens is 388 g/mol. The van der Waals surface area contributed by atoms with Crippen LogP contribution in [0.4, 0.5) is 0 Å². The summed E-state index contributed by atoms with van der Waals surface area (Å²) in [6.45, 7) is 0. The molecule has 0 aliphatic heterocycles. The Hall–Kier alpha value is -3.84. The number of allylic oxidation sites excluding steroid dienone is 1. The molecule has 3 aromatic heterocycles. The van der Waals surface area contributed by atoms with E-state index < -0.39 is 0 Å². The van der Waals surface area contributed by atoms with Crippen LogP contribution in [0, 0.1) is 0 Å². The average Bonchev–Trinajstić information content (AvgIpc) is 3.48. The standard InChI is InChI=1S/C22H10N2O4S/c25-18-13-8-11-4-1-2-5-12(11)9-14(13)19(26)15(18)10-17-23-21-22(27-17)24-20(28-21)16-6-3-7-29-16/h1-10H. The van der Waals surface area contributed by atoms with Crippen molar-refractivity contribution in [1.82, 2.24) is 9.97 Å². The monoisotopic (exact) mass is 398 g/mol. The zero-order valence-corrected chi connectivity index (χ0v) is 15.5. The second-order valence-electron chi connectivity index (χ2n) is 6.62. The molecule has 3 heterocycles. The molecular formula is C22H10N2O4S. The molecule has 6 rings (SSSR count). The second kappa shape index (κ2) is 5.83. The van der Waals surface area contributed by atoms with Gasteiger partial charge in [0.15, 0.2) is 11.6 Å². The molecule has 29 heavy (non-hydrogen) atoms. The molecule has 1 aliphatic carbocycles. The van der Waals surface area contributed by atoms with E-state index in [1.807, 2.05) is 41.8 Å². The first-order valence-electron chi connectivity index (χ1n) is 8.82. The highest BCUT2D eigenvalue weighted by molar-refractivity contribution is 7.13. The fourth-order valence-corrected chi connectivity index (χ4v) is 4.14. The largest absolute Gasteiger partial charge is 0.415 e. The molecule has 0 N–H and O–H groups in total. The van der Waals surface area contributed by atoms with E-state index in [4.69, 9.17) is 8.83 Å². The van der Waals surface area contributed by atoms with Gasteiger partial charge in [0, 0.05) is 17.2 Å². The van der Waals surface area contributed by atoms with Gasteiger partial charge in [-0.2, -0.15) is 9.97 Å². The van der Waals surface area contributed by atoms with Gasteiger partial charge in [-0.3, -0.25) is 9.59 Å². The maximum atomic E-state index is 12.8. The van der Waals surface area contributed by atoms with Crippen LogP contribution in [0.2, 0.25) is 0 Å². The lowest BCUT2D eigenvalue weighted by molar-refractivity contribution is 0.0990. The molecule has 1 aliphatic rings. The number of thiophene rings is 1. The van der Waals surface area contributed by atoms with Crippen LogP contribution in [0.15, 0.2) is 68.3 Å². The number of benzene rings is 2. The maximum Gasteiger partial charge on any atom is 0.288 e. The first-order chi connectivity index (χ1) is 14.2. The summed E-state index contributed by atoms with van der Waals surface area (Å²) in [5, 5.41) is 3.74. The van der Waals surface area contributed by atoms with Crippen molar-refractivity contribution in [1.29, 1.82) is 0 Å². The Morgan fingerprint density at radius 2 is 1.52 bits per heavy atom. The number of aromatic nitrogens is 2. The lowest BCUT2D eigenvalue weighted by atomic mass is 10.0. The van der Waals surface area contributed by atoms with Gasteiger partial charge in [-0.1, -0.05) is 30.3 Å². The summed E-state index contributed by atoms with van der Waals surface area (Å²) in [6, 6.07) is 14.9. The van der Waals surface area contributed by atoms with Crippen LogP contribution in [-0.2, 0) is 0 Å². The van der Waals surface area contributed by atoms with Crippen LogP contribution in [0.3, 0.4) is 0 Å². The summed E-state index contributed by atoms with van der Waals surface area (Å²) in [5.41, 5.74) is 1.27. The molecule has 0 amide bonds. The highest BCUT2D eigenvalue weighted by Gasteiger charge is 2.34. The van der Waals surface area contributed by atoms with Crippen molar-refractivity contribution >= 4 is 51.2 Å². The lowest BCUT2D eigenvalue weighted by Gasteiger charge is -2.00. The fourth-order valence-electron chi connectivity index (χ4n) is 3.49. The zero-order valence-electron chi connectivity index (χ0n) is 14.7. The Balaban J connectivity index is 1.41. The van der Waals surface area contributed by atoms with Gasteiger partial charge in [-0.05, 0) is 34.4 Å². The van der Waals surface area contributed by atoms with Crippen LogP contribution in [0.5, 0.6) is 0 Å². The second-order valence-corrected chi connectivity index (χ2v) is 7.57. The molecule has 0 saturated carbocycles. The Labute approximate surface area is 167 Å². The Morgan fingerprint density at radius 3 is 2.14 bits per heavy atom. The van der Waals surface area contributed by atoms with Gasteiger partial charge < -0.3 is 8.83 Å². The van der Waals surface area contributed by atoms with Crippen LogP contribution in [-0.4, -0.2) is 21.5 Å². The minimum Gasteiger partial charge on any atom is -0.415 e. The number of hydrogen-bond acceptors (Lipinski definition) is 7. The first kappa shape index (κ1) is 16.1. The van der Waals surface area contributed by atoms with Crippen LogP contribution in [0.25, 0.3) is 39.0 Å². The zero-order chi connectivity index (χ0) is 19.5. The summed E-state index contributed by atoms with van der Waals surface area (Å²) in [7, 11) is 0. The summed E-state index contributed by atoms with van der Waals surface area (Å²) < 4.78 is 11.2. The molecule has 2 aromatic carbocycles. The summed E-state index contributed by atoms with van der Waals surface area (Å²) >= 11 is 1.49. The van der Waals surface area contributed by atoms with Gasteiger partial charge in [0.05, 0.1) is 10.5 Å². The average molecular weight is 398 g/mol. The van der Waals surface area contributed by atoms with Crippen molar-refractivity contribution in [3.8, 4) is 10.8 Å². The molecule has 0 unspecified atom stereocenters. The topological polar surface area (TPSA) is 86.2 Å². The predicted octanol–water partition coefficient (Wildman–Crippen LogP) is 5.16. The SMILES string of the molecule is O=C1C(=Cc2nc3oc(-c4cccs4)nc3o2)C(=O)c2cc3ccccc3cc21. The molecule has 0 saturated heterocycles.